The van der Waals surface area contributed by atoms with Crippen LogP contribution in [0.3, 0.4) is 0 Å². The summed E-state index contributed by atoms with van der Waals surface area (Å²) in [6.07, 6.45) is 4.50. The Morgan fingerprint density at radius 3 is 1.27 bits per heavy atom. The van der Waals surface area contributed by atoms with Crippen molar-refractivity contribution in [2.45, 2.75) is 37.8 Å². The summed E-state index contributed by atoms with van der Waals surface area (Å²) >= 11 is -0.472. The van der Waals surface area contributed by atoms with Gasteiger partial charge in [0.1, 0.15) is 0 Å². The Balaban J connectivity index is 0.000000292. The average Bonchev–Trinajstić information content (AvgIpc) is 1.97. The van der Waals surface area contributed by atoms with Gasteiger partial charge >= 0.3 is 35.3 Å². The zero-order valence-corrected chi connectivity index (χ0v) is 9.99. The van der Waals surface area contributed by atoms with Crippen molar-refractivity contribution >= 4 is 18.8 Å². The first-order valence-electron chi connectivity index (χ1n) is 3.54. The molecule has 1 aliphatic rings. The second-order valence-electron chi connectivity index (χ2n) is 2.72. The molecule has 1 fully saturated rings. The van der Waals surface area contributed by atoms with Gasteiger partial charge in [-0.25, -0.2) is 0 Å². The molecule has 0 bridgehead atoms. The number of halogens is 2. The van der Waals surface area contributed by atoms with Gasteiger partial charge in [-0.1, -0.05) is 0 Å². The maximum absolute atomic E-state index is 5.64. The average molecular weight is 380 g/mol. The molecule has 0 aromatic carbocycles. The Kier molecular flexibility index (Phi) is 8.66. The summed E-state index contributed by atoms with van der Waals surface area (Å²) in [5, 5.41) is 0. The molecule has 1 rings (SSSR count). The minimum atomic E-state index is -0.472. The van der Waals surface area contributed by atoms with Crippen LogP contribution in [0.25, 0.3) is 0 Å². The van der Waals surface area contributed by atoms with Crippen molar-refractivity contribution < 1.29 is 16.5 Å². The summed E-state index contributed by atoms with van der Waals surface area (Å²) < 4.78 is 0. The Labute approximate surface area is 84.4 Å². The first-order chi connectivity index (χ1) is 5.20. The van der Waals surface area contributed by atoms with Gasteiger partial charge in [-0.15, -0.1) is 0 Å². The van der Waals surface area contributed by atoms with Crippen molar-refractivity contribution in [1.82, 2.24) is 0 Å². The molecule has 0 aromatic rings. The van der Waals surface area contributed by atoms with Crippen molar-refractivity contribution in [2.24, 2.45) is 11.5 Å². The van der Waals surface area contributed by atoms with Crippen LogP contribution in [-0.4, -0.2) is 12.1 Å². The molecule has 0 aromatic heterocycles. The van der Waals surface area contributed by atoms with Crippen molar-refractivity contribution in [2.75, 3.05) is 0 Å². The number of hydrogen-bond acceptors (Lipinski definition) is 2. The van der Waals surface area contributed by atoms with Crippen LogP contribution in [-0.2, 0) is 16.5 Å². The fraction of sp³-hybridized carbons (Fsp3) is 1.00. The molecule has 0 heterocycles. The van der Waals surface area contributed by atoms with Gasteiger partial charge in [-0.3, -0.25) is 0 Å². The van der Waals surface area contributed by atoms with E-state index in [0.29, 0.717) is 12.1 Å². The van der Waals surface area contributed by atoms with Gasteiger partial charge in [-0.05, 0) is 25.7 Å². The van der Waals surface area contributed by atoms with Gasteiger partial charge in [0.2, 0.25) is 0 Å². The molecule has 4 N–H and O–H groups in total. The van der Waals surface area contributed by atoms with E-state index < -0.39 is 16.5 Å². The van der Waals surface area contributed by atoms with Crippen LogP contribution < -0.4 is 11.5 Å². The number of nitrogens with two attached hydrogens (primary N) is 2. The molecular weight excluding hydrogens is 366 g/mol. The minimum absolute atomic E-state index is 0.440. The normalized spacial score (nSPS) is 30.9. The number of rotatable bonds is 0. The quantitative estimate of drug-likeness (QED) is 0.671. The molecule has 0 atom stereocenters. The van der Waals surface area contributed by atoms with Crippen molar-refractivity contribution in [1.29, 1.82) is 0 Å². The third-order valence-electron chi connectivity index (χ3n) is 1.82. The van der Waals surface area contributed by atoms with Crippen LogP contribution in [0.2, 0.25) is 0 Å². The molecule has 11 heavy (non-hydrogen) atoms. The standard InChI is InChI=1S/C6H14N2.2ClH.Pt/c7-5-1-2-6(8)4-3-5;;;/h5-6H,1-4,7-8H2;2*1H;/q;;;+2/p-2. The molecule has 2 nitrogen and oxygen atoms in total. The predicted octanol–water partition coefficient (Wildman–Crippen LogP) is 1.59. The van der Waals surface area contributed by atoms with E-state index in [0.717, 1.165) is 25.7 Å². The Morgan fingerprint density at radius 2 is 1.09 bits per heavy atom. The summed E-state index contributed by atoms with van der Waals surface area (Å²) in [5.74, 6) is 0. The van der Waals surface area contributed by atoms with Gasteiger partial charge < -0.3 is 11.5 Å². The topological polar surface area (TPSA) is 52.0 Å². The van der Waals surface area contributed by atoms with E-state index in [1.807, 2.05) is 0 Å². The van der Waals surface area contributed by atoms with Gasteiger partial charge in [0.25, 0.3) is 0 Å². The maximum atomic E-state index is 5.64. The van der Waals surface area contributed by atoms with Crippen molar-refractivity contribution in [3.8, 4) is 0 Å². The Morgan fingerprint density at radius 1 is 0.909 bits per heavy atom. The van der Waals surface area contributed by atoms with Gasteiger partial charge in [0.05, 0.1) is 0 Å². The molecule has 0 unspecified atom stereocenters. The van der Waals surface area contributed by atoms with Crippen molar-refractivity contribution in [3.63, 3.8) is 0 Å². The second-order valence-corrected chi connectivity index (χ2v) is 6.00. The Hall–Kier alpha value is 1.19. The third kappa shape index (κ3) is 7.55. The van der Waals surface area contributed by atoms with E-state index >= 15 is 0 Å². The van der Waals surface area contributed by atoms with Crippen LogP contribution >= 0.6 is 18.8 Å². The van der Waals surface area contributed by atoms with Crippen LogP contribution in [0, 0.1) is 0 Å². The van der Waals surface area contributed by atoms with Gasteiger partial charge in [0.15, 0.2) is 0 Å². The summed E-state index contributed by atoms with van der Waals surface area (Å²) in [6.45, 7) is 0. The predicted molar refractivity (Wildman–Crippen MR) is 46.1 cm³/mol. The zero-order chi connectivity index (χ0) is 8.69. The second kappa shape index (κ2) is 7.82. The molecule has 0 aliphatic heterocycles. The first kappa shape index (κ1) is 12.2. The SMILES string of the molecule is NC1CCC(N)CC1.[Cl][Pt][Cl]. The fourth-order valence-electron chi connectivity index (χ4n) is 1.14. The third-order valence-corrected chi connectivity index (χ3v) is 1.82. The molecule has 0 saturated heterocycles. The van der Waals surface area contributed by atoms with E-state index in [1.165, 1.54) is 0 Å². The zero-order valence-electron chi connectivity index (χ0n) is 6.21. The monoisotopic (exact) mass is 379 g/mol. The summed E-state index contributed by atoms with van der Waals surface area (Å²) in [7, 11) is 9.75. The van der Waals surface area contributed by atoms with Gasteiger partial charge in [0, 0.05) is 12.1 Å². The molecule has 0 radical (unpaired) electrons. The molecular formula is C6H14Cl2N2Pt. The molecule has 5 heteroatoms. The Bertz CT molecular complexity index is 76.7. The van der Waals surface area contributed by atoms with Crippen molar-refractivity contribution in [3.05, 3.63) is 0 Å². The van der Waals surface area contributed by atoms with Gasteiger partial charge in [-0.2, -0.15) is 0 Å². The van der Waals surface area contributed by atoms with E-state index in [4.69, 9.17) is 30.3 Å². The summed E-state index contributed by atoms with van der Waals surface area (Å²) in [6, 6.07) is 0.879. The molecule has 1 aliphatic carbocycles. The molecule has 0 amide bonds. The fourth-order valence-corrected chi connectivity index (χ4v) is 1.14. The first-order valence-corrected chi connectivity index (χ1v) is 9.17. The summed E-state index contributed by atoms with van der Waals surface area (Å²) in [4.78, 5) is 0. The number of hydrogen-bond donors (Lipinski definition) is 2. The van der Waals surface area contributed by atoms with Crippen LogP contribution in [0.5, 0.6) is 0 Å². The van der Waals surface area contributed by atoms with E-state index in [1.54, 1.807) is 0 Å². The van der Waals surface area contributed by atoms with Crippen LogP contribution in [0.15, 0.2) is 0 Å². The van der Waals surface area contributed by atoms with Crippen LogP contribution in [0.1, 0.15) is 25.7 Å². The van der Waals surface area contributed by atoms with E-state index in [2.05, 4.69) is 0 Å². The molecule has 72 valence electrons. The van der Waals surface area contributed by atoms with Crippen LogP contribution in [0.4, 0.5) is 0 Å². The van der Waals surface area contributed by atoms with E-state index in [-0.39, 0.29) is 0 Å². The van der Waals surface area contributed by atoms with E-state index in [9.17, 15) is 0 Å². The molecule has 1 saturated carbocycles. The summed E-state index contributed by atoms with van der Waals surface area (Å²) in [5.41, 5.74) is 11.3. The molecule has 0 spiro atoms.